The summed E-state index contributed by atoms with van der Waals surface area (Å²) in [6, 6.07) is 8.70. The molecule has 1 heterocycles. The third-order valence-corrected chi connectivity index (χ3v) is 5.63. The summed E-state index contributed by atoms with van der Waals surface area (Å²) in [5, 5.41) is -0.0319. The number of carbonyl (C=O) groups is 2. The second-order valence-electron chi connectivity index (χ2n) is 6.41. The maximum atomic E-state index is 12.8. The third-order valence-electron chi connectivity index (χ3n) is 4.01. The number of unbranched alkanes of at least 4 members (excludes halogenated alkanes) is 1. The fourth-order valence-corrected chi connectivity index (χ4v) is 4.17. The van der Waals surface area contributed by atoms with Crippen molar-refractivity contribution in [2.24, 2.45) is 5.92 Å². The molecule has 2 unspecified atom stereocenters. The lowest BCUT2D eigenvalue weighted by molar-refractivity contribution is -0.155. The van der Waals surface area contributed by atoms with Crippen LogP contribution in [0, 0.1) is 5.92 Å². The van der Waals surface area contributed by atoms with Gasteiger partial charge in [-0.1, -0.05) is 45.4 Å². The molecule has 0 N–H and O–H groups in total. The molecule has 1 amide bonds. The summed E-state index contributed by atoms with van der Waals surface area (Å²) in [6.45, 7) is 6.49. The Kier molecular flexibility index (Phi) is 7.62. The minimum absolute atomic E-state index is 0.0319. The first kappa shape index (κ1) is 19.6. The minimum Gasteiger partial charge on any atom is -0.484 e. The Morgan fingerprint density at radius 1 is 1.28 bits per heavy atom. The fourth-order valence-electron chi connectivity index (χ4n) is 2.69. The molecule has 25 heavy (non-hydrogen) atoms. The molecule has 0 bridgehead atoms. The molecule has 5 nitrogen and oxygen atoms in total. The summed E-state index contributed by atoms with van der Waals surface area (Å²) < 4.78 is 10.9. The number of carbonyl (C=O) groups excluding carboxylic acids is 2. The number of esters is 1. The Morgan fingerprint density at radius 2 is 2.00 bits per heavy atom. The number of thioether (sulfide) groups is 1. The Balaban J connectivity index is 2.02. The lowest BCUT2D eigenvalue weighted by atomic mass is 10.1. The van der Waals surface area contributed by atoms with Gasteiger partial charge in [0, 0.05) is 5.75 Å². The van der Waals surface area contributed by atoms with Crippen LogP contribution in [0.5, 0.6) is 5.75 Å². The molecule has 1 aliphatic rings. The first-order valence-corrected chi connectivity index (χ1v) is 9.86. The van der Waals surface area contributed by atoms with Crippen LogP contribution in [0.25, 0.3) is 0 Å². The molecule has 0 aliphatic carbocycles. The van der Waals surface area contributed by atoms with E-state index in [0.29, 0.717) is 18.1 Å². The molecular formula is C19H27NO4S. The van der Waals surface area contributed by atoms with Crippen molar-refractivity contribution in [1.29, 1.82) is 0 Å². The van der Waals surface area contributed by atoms with E-state index in [1.165, 1.54) is 0 Å². The predicted molar refractivity (Wildman–Crippen MR) is 99.5 cm³/mol. The standard InChI is InChI=1S/C19H27NO4S/c1-4-5-11-23-19(22)16-13-25-18(14(2)3)20(16)17(21)12-24-15-9-7-6-8-10-15/h6-10,14,16,18H,4-5,11-13H2,1-3H3. The van der Waals surface area contributed by atoms with Gasteiger partial charge in [0.05, 0.1) is 12.0 Å². The highest BCUT2D eigenvalue weighted by Crippen LogP contribution is 2.34. The van der Waals surface area contributed by atoms with E-state index in [9.17, 15) is 9.59 Å². The van der Waals surface area contributed by atoms with Gasteiger partial charge in [0.15, 0.2) is 6.61 Å². The number of rotatable bonds is 8. The molecule has 0 spiro atoms. The summed E-state index contributed by atoms with van der Waals surface area (Å²) in [4.78, 5) is 26.8. The highest BCUT2D eigenvalue weighted by molar-refractivity contribution is 8.00. The van der Waals surface area contributed by atoms with Crippen molar-refractivity contribution < 1.29 is 19.1 Å². The zero-order valence-electron chi connectivity index (χ0n) is 15.1. The number of nitrogens with zero attached hydrogens (tertiary/aromatic N) is 1. The maximum absolute atomic E-state index is 12.8. The van der Waals surface area contributed by atoms with Gasteiger partial charge in [0.25, 0.3) is 5.91 Å². The monoisotopic (exact) mass is 365 g/mol. The van der Waals surface area contributed by atoms with Gasteiger partial charge >= 0.3 is 5.97 Å². The minimum atomic E-state index is -0.527. The quantitative estimate of drug-likeness (QED) is 0.522. The van der Waals surface area contributed by atoms with E-state index in [1.807, 2.05) is 37.3 Å². The zero-order valence-corrected chi connectivity index (χ0v) is 16.0. The summed E-state index contributed by atoms with van der Waals surface area (Å²) in [7, 11) is 0. The smallest absolute Gasteiger partial charge is 0.329 e. The largest absolute Gasteiger partial charge is 0.484 e. The van der Waals surface area contributed by atoms with Crippen molar-refractivity contribution in [1.82, 2.24) is 4.90 Å². The van der Waals surface area contributed by atoms with E-state index < -0.39 is 6.04 Å². The highest BCUT2D eigenvalue weighted by atomic mass is 32.2. The van der Waals surface area contributed by atoms with Gasteiger partial charge in [-0.05, 0) is 24.5 Å². The van der Waals surface area contributed by atoms with Crippen LogP contribution >= 0.6 is 11.8 Å². The van der Waals surface area contributed by atoms with E-state index in [1.54, 1.807) is 16.7 Å². The number of benzene rings is 1. The van der Waals surface area contributed by atoms with Gasteiger partial charge in [-0.2, -0.15) is 0 Å². The lowest BCUT2D eigenvalue weighted by Crippen LogP contribution is -2.49. The van der Waals surface area contributed by atoms with Crippen LogP contribution < -0.4 is 4.74 Å². The van der Waals surface area contributed by atoms with E-state index in [2.05, 4.69) is 13.8 Å². The van der Waals surface area contributed by atoms with Crippen molar-refractivity contribution in [2.45, 2.75) is 45.0 Å². The predicted octanol–water partition coefficient (Wildman–Crippen LogP) is 3.33. The molecule has 138 valence electrons. The Bertz CT molecular complexity index is 564. The summed E-state index contributed by atoms with van der Waals surface area (Å²) in [5.41, 5.74) is 0. The van der Waals surface area contributed by atoms with Gasteiger partial charge in [-0.25, -0.2) is 4.79 Å². The van der Waals surface area contributed by atoms with Gasteiger partial charge < -0.3 is 14.4 Å². The molecule has 0 saturated carbocycles. The second kappa shape index (κ2) is 9.70. The van der Waals surface area contributed by atoms with Gasteiger partial charge in [0.1, 0.15) is 11.8 Å². The first-order chi connectivity index (χ1) is 12.0. The molecule has 1 aliphatic heterocycles. The summed E-state index contributed by atoms with van der Waals surface area (Å²) >= 11 is 1.63. The van der Waals surface area contributed by atoms with Crippen LogP contribution in [-0.2, 0) is 14.3 Å². The molecule has 1 aromatic carbocycles. The number of ether oxygens (including phenoxy) is 2. The normalized spacial score (nSPS) is 19.9. The molecule has 2 atom stereocenters. The van der Waals surface area contributed by atoms with Crippen molar-refractivity contribution in [3.63, 3.8) is 0 Å². The van der Waals surface area contributed by atoms with Gasteiger partial charge in [0.2, 0.25) is 0 Å². The maximum Gasteiger partial charge on any atom is 0.329 e. The molecular weight excluding hydrogens is 338 g/mol. The number of hydrogen-bond acceptors (Lipinski definition) is 5. The molecule has 6 heteroatoms. The van der Waals surface area contributed by atoms with Crippen molar-refractivity contribution in [3.05, 3.63) is 30.3 Å². The van der Waals surface area contributed by atoms with Crippen LogP contribution in [0.15, 0.2) is 30.3 Å². The van der Waals surface area contributed by atoms with Crippen LogP contribution in [-0.4, -0.2) is 47.2 Å². The topological polar surface area (TPSA) is 55.8 Å². The Labute approximate surface area is 154 Å². The van der Waals surface area contributed by atoms with Crippen LogP contribution in [0.3, 0.4) is 0 Å². The molecule has 2 rings (SSSR count). The van der Waals surface area contributed by atoms with E-state index in [0.717, 1.165) is 12.8 Å². The Hall–Kier alpha value is -1.69. The van der Waals surface area contributed by atoms with Gasteiger partial charge in [-0.3, -0.25) is 4.79 Å². The summed E-state index contributed by atoms with van der Waals surface area (Å²) in [6.07, 6.45) is 1.80. The van der Waals surface area contributed by atoms with Crippen LogP contribution in [0.4, 0.5) is 0 Å². The van der Waals surface area contributed by atoms with Crippen molar-refractivity contribution >= 4 is 23.6 Å². The van der Waals surface area contributed by atoms with Gasteiger partial charge in [-0.15, -0.1) is 11.8 Å². The second-order valence-corrected chi connectivity index (χ2v) is 7.56. The zero-order chi connectivity index (χ0) is 18.2. The fraction of sp³-hybridized carbons (Fsp3) is 0.579. The SMILES string of the molecule is CCCCOC(=O)C1CSC(C(C)C)N1C(=O)COc1ccccc1. The third kappa shape index (κ3) is 5.39. The van der Waals surface area contributed by atoms with Crippen LogP contribution in [0.1, 0.15) is 33.6 Å². The number of amides is 1. The average molecular weight is 365 g/mol. The Morgan fingerprint density at radius 3 is 2.64 bits per heavy atom. The molecule has 1 aromatic rings. The molecule has 1 fully saturated rings. The number of para-hydroxylation sites is 1. The molecule has 0 radical (unpaired) electrons. The molecule has 0 aromatic heterocycles. The number of hydrogen-bond donors (Lipinski definition) is 0. The van der Waals surface area contributed by atoms with E-state index in [4.69, 9.17) is 9.47 Å². The van der Waals surface area contributed by atoms with E-state index >= 15 is 0 Å². The highest BCUT2D eigenvalue weighted by Gasteiger charge is 2.43. The first-order valence-electron chi connectivity index (χ1n) is 8.81. The van der Waals surface area contributed by atoms with Crippen molar-refractivity contribution in [2.75, 3.05) is 19.0 Å². The van der Waals surface area contributed by atoms with E-state index in [-0.39, 0.29) is 29.8 Å². The molecule has 1 saturated heterocycles. The van der Waals surface area contributed by atoms with Crippen LogP contribution in [0.2, 0.25) is 0 Å². The lowest BCUT2D eigenvalue weighted by Gasteiger charge is -2.30. The van der Waals surface area contributed by atoms with Crippen molar-refractivity contribution in [3.8, 4) is 5.75 Å². The summed E-state index contributed by atoms with van der Waals surface area (Å²) in [5.74, 6) is 0.984. The average Bonchev–Trinajstić information content (AvgIpc) is 3.06.